The zero-order valence-corrected chi connectivity index (χ0v) is 6.40. The summed E-state index contributed by atoms with van der Waals surface area (Å²) in [7, 11) is 0. The van der Waals surface area contributed by atoms with Crippen LogP contribution in [0.1, 0.15) is 13.3 Å². The summed E-state index contributed by atoms with van der Waals surface area (Å²) in [6.45, 7) is 1.79. The molecule has 0 aromatic carbocycles. The van der Waals surface area contributed by atoms with Crippen molar-refractivity contribution >= 4 is 0 Å². The summed E-state index contributed by atoms with van der Waals surface area (Å²) in [5.74, 6) is -0.187. The second-order valence-corrected chi connectivity index (χ2v) is 2.43. The zero-order valence-electron chi connectivity index (χ0n) is 6.40. The standard InChI is InChI=1S/C8H7F3O/c1-6-2-4-7(5-3-6)12-8(9,10)11/h4-5H,2H2,1H3. The van der Waals surface area contributed by atoms with Gasteiger partial charge in [-0.2, -0.15) is 0 Å². The molecule has 0 aliphatic heterocycles. The molecule has 4 heteroatoms. The molecule has 12 heavy (non-hydrogen) atoms. The Kier molecular flexibility index (Phi) is 2.29. The molecular formula is C8H7F3O. The van der Waals surface area contributed by atoms with E-state index in [2.05, 4.69) is 10.5 Å². The zero-order chi connectivity index (χ0) is 9.19. The molecule has 0 amide bonds. The molecule has 0 heterocycles. The van der Waals surface area contributed by atoms with Crippen molar-refractivity contribution < 1.29 is 17.9 Å². The minimum absolute atomic E-state index is 0.187. The Morgan fingerprint density at radius 3 is 2.58 bits per heavy atom. The first kappa shape index (κ1) is 8.94. The molecule has 0 fully saturated rings. The van der Waals surface area contributed by atoms with E-state index in [0.717, 1.165) is 5.57 Å². The summed E-state index contributed by atoms with van der Waals surface area (Å²) in [6.07, 6.45) is -1.58. The molecule has 0 aromatic rings. The fourth-order valence-corrected chi connectivity index (χ4v) is 0.771. The van der Waals surface area contributed by atoms with Crippen LogP contribution in [-0.4, -0.2) is 6.36 Å². The van der Waals surface area contributed by atoms with Gasteiger partial charge in [0.1, 0.15) is 5.76 Å². The van der Waals surface area contributed by atoms with Gasteiger partial charge in [0.05, 0.1) is 0 Å². The second-order valence-electron chi connectivity index (χ2n) is 2.43. The Morgan fingerprint density at radius 2 is 2.17 bits per heavy atom. The number of ether oxygens (including phenoxy) is 1. The van der Waals surface area contributed by atoms with Crippen molar-refractivity contribution in [1.29, 1.82) is 0 Å². The summed E-state index contributed by atoms with van der Waals surface area (Å²) in [6, 6.07) is 0. The van der Waals surface area contributed by atoms with Gasteiger partial charge in [0.25, 0.3) is 0 Å². The van der Waals surface area contributed by atoms with Gasteiger partial charge in [-0.05, 0) is 25.0 Å². The van der Waals surface area contributed by atoms with Crippen LogP contribution in [0.5, 0.6) is 0 Å². The molecule has 0 atom stereocenters. The van der Waals surface area contributed by atoms with Crippen LogP contribution in [0.3, 0.4) is 0 Å². The van der Waals surface area contributed by atoms with E-state index < -0.39 is 6.36 Å². The first-order chi connectivity index (χ1) is 5.47. The first-order valence-corrected chi connectivity index (χ1v) is 3.35. The number of hydrogen-bond donors (Lipinski definition) is 0. The monoisotopic (exact) mass is 176 g/mol. The van der Waals surface area contributed by atoms with Gasteiger partial charge in [0, 0.05) is 6.08 Å². The average Bonchev–Trinajstić information content (AvgIpc) is 1.91. The van der Waals surface area contributed by atoms with Crippen molar-refractivity contribution in [2.45, 2.75) is 19.7 Å². The van der Waals surface area contributed by atoms with Gasteiger partial charge in [0.15, 0.2) is 0 Å². The van der Waals surface area contributed by atoms with Crippen molar-refractivity contribution in [3.63, 3.8) is 0 Å². The highest BCUT2D eigenvalue weighted by Gasteiger charge is 2.31. The number of halogens is 3. The van der Waals surface area contributed by atoms with Crippen molar-refractivity contribution in [2.75, 3.05) is 0 Å². The Balaban J connectivity index is 2.64. The number of rotatable bonds is 1. The minimum Gasteiger partial charge on any atom is -0.405 e. The SMILES string of the molecule is CC1=C=CC(OC(F)(F)F)=CC1. The average molecular weight is 176 g/mol. The van der Waals surface area contributed by atoms with Crippen LogP contribution in [-0.2, 0) is 4.74 Å². The van der Waals surface area contributed by atoms with E-state index in [0.29, 0.717) is 6.42 Å². The van der Waals surface area contributed by atoms with Gasteiger partial charge < -0.3 is 4.74 Å². The summed E-state index contributed by atoms with van der Waals surface area (Å²) in [5, 5.41) is 0. The molecule has 0 unspecified atom stereocenters. The Hall–Kier alpha value is -1.15. The van der Waals surface area contributed by atoms with Crippen molar-refractivity contribution in [2.24, 2.45) is 0 Å². The lowest BCUT2D eigenvalue weighted by atomic mass is 10.1. The van der Waals surface area contributed by atoms with Gasteiger partial charge in [-0.3, -0.25) is 0 Å². The van der Waals surface area contributed by atoms with E-state index in [9.17, 15) is 13.2 Å². The van der Waals surface area contributed by atoms with Gasteiger partial charge in [-0.15, -0.1) is 18.9 Å². The maximum Gasteiger partial charge on any atom is 0.573 e. The van der Waals surface area contributed by atoms with Gasteiger partial charge in [0.2, 0.25) is 0 Å². The van der Waals surface area contributed by atoms with Crippen LogP contribution in [0.4, 0.5) is 13.2 Å². The largest absolute Gasteiger partial charge is 0.573 e. The number of alkyl halides is 3. The van der Waals surface area contributed by atoms with Crippen LogP contribution in [0, 0.1) is 0 Å². The van der Waals surface area contributed by atoms with Crippen LogP contribution < -0.4 is 0 Å². The Bertz CT molecular complexity index is 267. The maximum absolute atomic E-state index is 11.6. The third kappa shape index (κ3) is 2.84. The van der Waals surface area contributed by atoms with E-state index in [1.165, 1.54) is 12.2 Å². The van der Waals surface area contributed by atoms with E-state index in [4.69, 9.17) is 0 Å². The van der Waals surface area contributed by atoms with E-state index in [-0.39, 0.29) is 5.76 Å². The third-order valence-corrected chi connectivity index (χ3v) is 1.30. The number of allylic oxidation sites excluding steroid dienone is 2. The van der Waals surface area contributed by atoms with Crippen molar-refractivity contribution in [1.82, 2.24) is 0 Å². The fraction of sp³-hybridized carbons (Fsp3) is 0.375. The summed E-state index contributed by atoms with van der Waals surface area (Å²) in [5.41, 5.74) is 3.55. The molecule has 1 aliphatic carbocycles. The van der Waals surface area contributed by atoms with E-state index in [1.54, 1.807) is 6.92 Å². The predicted octanol–water partition coefficient (Wildman–Crippen LogP) is 2.91. The lowest BCUT2D eigenvalue weighted by Gasteiger charge is -2.10. The van der Waals surface area contributed by atoms with Gasteiger partial charge >= 0.3 is 6.36 Å². The predicted molar refractivity (Wildman–Crippen MR) is 37.1 cm³/mol. The molecular weight excluding hydrogens is 169 g/mol. The molecule has 1 aliphatic rings. The highest BCUT2D eigenvalue weighted by Crippen LogP contribution is 2.23. The summed E-state index contributed by atoms with van der Waals surface area (Å²) >= 11 is 0. The summed E-state index contributed by atoms with van der Waals surface area (Å²) < 4.78 is 38.5. The Morgan fingerprint density at radius 1 is 1.50 bits per heavy atom. The maximum atomic E-state index is 11.6. The van der Waals surface area contributed by atoms with Crippen LogP contribution in [0.2, 0.25) is 0 Å². The molecule has 0 aromatic heterocycles. The second kappa shape index (κ2) is 3.07. The van der Waals surface area contributed by atoms with E-state index in [1.807, 2.05) is 0 Å². The molecule has 0 saturated carbocycles. The number of hydrogen-bond acceptors (Lipinski definition) is 1. The van der Waals surface area contributed by atoms with Crippen LogP contribution in [0.15, 0.2) is 29.2 Å². The molecule has 0 radical (unpaired) electrons. The highest BCUT2D eigenvalue weighted by atomic mass is 19.4. The lowest BCUT2D eigenvalue weighted by Crippen LogP contribution is -2.12. The smallest absolute Gasteiger partial charge is 0.405 e. The summed E-state index contributed by atoms with van der Waals surface area (Å²) in [4.78, 5) is 0. The third-order valence-electron chi connectivity index (χ3n) is 1.30. The quantitative estimate of drug-likeness (QED) is 0.558. The normalized spacial score (nSPS) is 17.0. The molecule has 0 saturated heterocycles. The van der Waals surface area contributed by atoms with Gasteiger partial charge in [-0.25, -0.2) is 0 Å². The van der Waals surface area contributed by atoms with Crippen LogP contribution >= 0.6 is 0 Å². The first-order valence-electron chi connectivity index (χ1n) is 3.35. The highest BCUT2D eigenvalue weighted by molar-refractivity contribution is 5.22. The topological polar surface area (TPSA) is 9.23 Å². The minimum atomic E-state index is -4.60. The lowest BCUT2D eigenvalue weighted by molar-refractivity contribution is -0.303. The molecule has 0 bridgehead atoms. The molecule has 0 N–H and O–H groups in total. The molecule has 1 rings (SSSR count). The van der Waals surface area contributed by atoms with Gasteiger partial charge in [-0.1, -0.05) is 0 Å². The molecule has 66 valence electrons. The van der Waals surface area contributed by atoms with E-state index >= 15 is 0 Å². The molecule has 0 spiro atoms. The Labute approximate surface area is 67.8 Å². The molecule has 1 nitrogen and oxygen atoms in total. The van der Waals surface area contributed by atoms with Crippen LogP contribution in [0.25, 0.3) is 0 Å². The van der Waals surface area contributed by atoms with Crippen molar-refractivity contribution in [3.05, 3.63) is 29.2 Å². The van der Waals surface area contributed by atoms with Crippen molar-refractivity contribution in [3.8, 4) is 0 Å². The fourth-order valence-electron chi connectivity index (χ4n) is 0.771.